The molecule has 1 N–H and O–H groups in total. The second-order valence-corrected chi connectivity index (χ2v) is 7.51. The monoisotopic (exact) mass is 395 g/mol. The lowest BCUT2D eigenvalue weighted by Gasteiger charge is -2.18. The quantitative estimate of drug-likeness (QED) is 0.637. The number of carbonyl (C=O) groups is 2. The normalized spacial score (nSPS) is 18.0. The third-order valence-electron chi connectivity index (χ3n) is 4.32. The zero-order valence-corrected chi connectivity index (χ0v) is 16.2. The fourth-order valence-corrected chi connectivity index (χ4v) is 4.30. The van der Waals surface area contributed by atoms with Gasteiger partial charge in [0.2, 0.25) is 5.91 Å². The molecule has 28 heavy (non-hydrogen) atoms. The van der Waals surface area contributed by atoms with Crippen LogP contribution in [0.5, 0.6) is 0 Å². The summed E-state index contributed by atoms with van der Waals surface area (Å²) >= 11 is 1.18. The van der Waals surface area contributed by atoms with Gasteiger partial charge >= 0.3 is 0 Å². The van der Waals surface area contributed by atoms with Gasteiger partial charge in [0, 0.05) is 12.7 Å². The van der Waals surface area contributed by atoms with Crippen molar-refractivity contribution < 1.29 is 14.0 Å². The van der Waals surface area contributed by atoms with Crippen LogP contribution >= 0.6 is 11.8 Å². The molecule has 0 saturated carbocycles. The van der Waals surface area contributed by atoms with Crippen LogP contribution in [0, 0.1) is 24.1 Å². The Labute approximate surface area is 166 Å². The van der Waals surface area contributed by atoms with E-state index in [9.17, 15) is 19.2 Å². The van der Waals surface area contributed by atoms with Crippen LogP contribution in [-0.2, 0) is 16.0 Å². The number of thioether (sulfide) groups is 1. The molecule has 0 bridgehead atoms. The van der Waals surface area contributed by atoms with Gasteiger partial charge in [0.25, 0.3) is 5.91 Å². The van der Waals surface area contributed by atoms with Gasteiger partial charge in [-0.05, 0) is 43.2 Å². The van der Waals surface area contributed by atoms with Gasteiger partial charge < -0.3 is 5.32 Å². The molecular weight excluding hydrogens is 377 g/mol. The zero-order chi connectivity index (χ0) is 20.3. The molecule has 3 rings (SSSR count). The Morgan fingerprint density at radius 1 is 1.29 bits per heavy atom. The number of nitrogens with zero attached hydrogens (tertiary/aromatic N) is 2. The molecule has 7 heteroatoms. The van der Waals surface area contributed by atoms with Crippen molar-refractivity contribution in [1.29, 1.82) is 5.26 Å². The van der Waals surface area contributed by atoms with Crippen LogP contribution in [0.15, 0.2) is 59.1 Å². The minimum absolute atomic E-state index is 0.142. The summed E-state index contributed by atoms with van der Waals surface area (Å²) in [5.41, 5.74) is 2.35. The zero-order valence-electron chi connectivity index (χ0n) is 15.4. The van der Waals surface area contributed by atoms with E-state index >= 15 is 0 Å². The molecule has 1 unspecified atom stereocenters. The number of hydrogen-bond acceptors (Lipinski definition) is 4. The second kappa shape index (κ2) is 8.28. The van der Waals surface area contributed by atoms with E-state index in [1.54, 1.807) is 0 Å². The topological polar surface area (TPSA) is 73.2 Å². The number of aryl methyl sites for hydroxylation is 1. The maximum atomic E-state index is 13.3. The maximum absolute atomic E-state index is 13.3. The van der Waals surface area contributed by atoms with Gasteiger partial charge in [0.05, 0.1) is 5.25 Å². The lowest BCUT2D eigenvalue weighted by Crippen LogP contribution is -2.31. The number of anilines is 1. The molecule has 2 aromatic carbocycles. The average molecular weight is 395 g/mol. The summed E-state index contributed by atoms with van der Waals surface area (Å²) < 4.78 is 13.3. The van der Waals surface area contributed by atoms with E-state index in [-0.39, 0.29) is 16.5 Å². The summed E-state index contributed by atoms with van der Waals surface area (Å²) in [6.45, 7) is 1.97. The van der Waals surface area contributed by atoms with Gasteiger partial charge in [-0.1, -0.05) is 41.6 Å². The number of nitriles is 1. The molecule has 1 heterocycles. The number of hydrogen-bond donors (Lipinski definition) is 1. The third-order valence-corrected chi connectivity index (χ3v) is 5.58. The smallest absolute Gasteiger partial charge is 0.264 e. The van der Waals surface area contributed by atoms with Gasteiger partial charge in [-0.25, -0.2) is 4.39 Å². The van der Waals surface area contributed by atoms with Crippen LogP contribution < -0.4 is 10.2 Å². The molecule has 5 nitrogen and oxygen atoms in total. The number of halogens is 1. The van der Waals surface area contributed by atoms with Crippen molar-refractivity contribution in [3.8, 4) is 6.07 Å². The Bertz CT molecular complexity index is 995. The maximum Gasteiger partial charge on any atom is 0.264 e. The van der Waals surface area contributed by atoms with E-state index in [0.717, 1.165) is 11.1 Å². The molecule has 1 fully saturated rings. The van der Waals surface area contributed by atoms with E-state index in [1.165, 1.54) is 48.0 Å². The minimum Gasteiger partial charge on any atom is -0.354 e. The van der Waals surface area contributed by atoms with Gasteiger partial charge in [-0.3, -0.25) is 14.5 Å². The first-order valence-corrected chi connectivity index (χ1v) is 9.50. The molecule has 2 amide bonds. The van der Waals surface area contributed by atoms with Crippen LogP contribution in [0.2, 0.25) is 0 Å². The fourth-order valence-electron chi connectivity index (χ4n) is 2.99. The van der Waals surface area contributed by atoms with E-state index in [1.807, 2.05) is 37.3 Å². The third kappa shape index (κ3) is 3.92. The number of likely N-dealkylation sites (N-methyl/N-ethyl adjacent to an activating group) is 1. The van der Waals surface area contributed by atoms with E-state index < -0.39 is 17.0 Å². The highest BCUT2D eigenvalue weighted by Gasteiger charge is 2.40. The molecule has 1 saturated heterocycles. The van der Waals surface area contributed by atoms with Crippen molar-refractivity contribution in [3.05, 3.63) is 76.1 Å². The predicted molar refractivity (Wildman–Crippen MR) is 107 cm³/mol. The Morgan fingerprint density at radius 3 is 2.61 bits per heavy atom. The molecule has 142 valence electrons. The van der Waals surface area contributed by atoms with Gasteiger partial charge in [0.1, 0.15) is 22.5 Å². The molecule has 0 spiro atoms. The van der Waals surface area contributed by atoms with Crippen LogP contribution in [0.3, 0.4) is 0 Å². The Kier molecular flexibility index (Phi) is 5.81. The van der Waals surface area contributed by atoms with Crippen molar-refractivity contribution in [3.63, 3.8) is 0 Å². The number of nitrogens with one attached hydrogen (secondary N) is 1. The highest BCUT2D eigenvalue weighted by molar-refractivity contribution is 8.05. The van der Waals surface area contributed by atoms with Crippen LogP contribution in [-0.4, -0.2) is 24.1 Å². The van der Waals surface area contributed by atoms with Gasteiger partial charge in [-0.15, -0.1) is 0 Å². The second-order valence-electron chi connectivity index (χ2n) is 6.32. The first kappa shape index (κ1) is 19.6. The fraction of sp³-hybridized carbons (Fsp3) is 0.190. The first-order chi connectivity index (χ1) is 13.4. The first-order valence-electron chi connectivity index (χ1n) is 8.62. The molecular formula is C21H18FN3O2S. The largest absolute Gasteiger partial charge is 0.354 e. The van der Waals surface area contributed by atoms with E-state index in [2.05, 4.69) is 5.32 Å². The van der Waals surface area contributed by atoms with Crippen molar-refractivity contribution in [2.45, 2.75) is 18.6 Å². The predicted octanol–water partition coefficient (Wildman–Crippen LogP) is 3.31. The lowest BCUT2D eigenvalue weighted by molar-refractivity contribution is -0.117. The molecule has 0 aromatic heterocycles. The number of benzene rings is 2. The molecule has 1 aliphatic rings. The molecule has 2 aromatic rings. The molecule has 0 aliphatic carbocycles. The SMILES string of the molecule is CNC(=O)/C(C#N)=C1\SC(Cc2cccc(C)c2)C(=O)N1c1ccc(F)cc1. The summed E-state index contributed by atoms with van der Waals surface area (Å²) in [4.78, 5) is 26.7. The minimum atomic E-state index is -0.568. The Hall–Kier alpha value is -3.11. The molecule has 0 radical (unpaired) electrons. The Balaban J connectivity index is 2.04. The summed E-state index contributed by atoms with van der Waals surface area (Å²) in [7, 11) is 1.42. The van der Waals surface area contributed by atoms with Crippen molar-refractivity contribution in [2.24, 2.45) is 0 Å². The van der Waals surface area contributed by atoms with Crippen molar-refractivity contribution in [1.82, 2.24) is 5.32 Å². The van der Waals surface area contributed by atoms with Crippen LogP contribution in [0.1, 0.15) is 11.1 Å². The van der Waals surface area contributed by atoms with Crippen molar-refractivity contribution >= 4 is 29.3 Å². The number of rotatable bonds is 4. The number of carbonyl (C=O) groups excluding carboxylic acids is 2. The Morgan fingerprint density at radius 2 is 2.00 bits per heavy atom. The standard InChI is InChI=1S/C21H18FN3O2S/c1-13-4-3-5-14(10-13)11-18-20(27)25(16-8-6-15(22)7-9-16)21(28-18)17(12-23)19(26)24-2/h3-10,18H,11H2,1-2H3,(H,24,26)/b21-17-. The molecule has 1 atom stereocenters. The van der Waals surface area contributed by atoms with E-state index in [4.69, 9.17) is 0 Å². The summed E-state index contributed by atoms with van der Waals surface area (Å²) in [5, 5.41) is 11.7. The summed E-state index contributed by atoms with van der Waals surface area (Å²) in [6, 6.07) is 15.1. The van der Waals surface area contributed by atoms with Gasteiger partial charge in [-0.2, -0.15) is 5.26 Å². The van der Waals surface area contributed by atoms with Crippen LogP contribution in [0.4, 0.5) is 10.1 Å². The van der Waals surface area contributed by atoms with Crippen molar-refractivity contribution in [2.75, 3.05) is 11.9 Å². The highest BCUT2D eigenvalue weighted by Crippen LogP contribution is 2.41. The molecule has 1 aliphatic heterocycles. The van der Waals surface area contributed by atoms with Gasteiger partial charge in [0.15, 0.2) is 0 Å². The number of amides is 2. The lowest BCUT2D eigenvalue weighted by atomic mass is 10.1. The van der Waals surface area contributed by atoms with E-state index in [0.29, 0.717) is 12.1 Å². The van der Waals surface area contributed by atoms with Crippen LogP contribution in [0.25, 0.3) is 0 Å². The summed E-state index contributed by atoms with van der Waals surface area (Å²) in [5.74, 6) is -1.25. The summed E-state index contributed by atoms with van der Waals surface area (Å²) in [6.07, 6.45) is 0.457. The highest BCUT2D eigenvalue weighted by atomic mass is 32.2. The average Bonchev–Trinajstić information content (AvgIpc) is 2.99.